The van der Waals surface area contributed by atoms with Crippen LogP contribution in [0.4, 0.5) is 0 Å². The molecule has 0 bridgehead atoms. The molecule has 0 radical (unpaired) electrons. The van der Waals surface area contributed by atoms with Gasteiger partial charge in [-0.15, -0.1) is 0 Å². The molecule has 0 atom stereocenters. The van der Waals surface area contributed by atoms with Crippen molar-refractivity contribution in [1.82, 2.24) is 0 Å². The Morgan fingerprint density at radius 1 is 0.629 bits per heavy atom. The SMILES string of the molecule is CC(C)CN=C(C(C(=O)Cc1ccccc1)=C(c1ccccc1)c1ccccc1)c1ccccc1. The van der Waals surface area contributed by atoms with Crippen molar-refractivity contribution >= 4 is 17.1 Å². The van der Waals surface area contributed by atoms with Crippen molar-refractivity contribution in [3.8, 4) is 0 Å². The predicted molar refractivity (Wildman–Crippen MR) is 147 cm³/mol. The molecule has 35 heavy (non-hydrogen) atoms. The van der Waals surface area contributed by atoms with Gasteiger partial charge in [-0.05, 0) is 22.6 Å². The minimum atomic E-state index is 0.0604. The van der Waals surface area contributed by atoms with Gasteiger partial charge in [0.15, 0.2) is 5.78 Å². The Bertz CT molecular complexity index is 1250. The van der Waals surface area contributed by atoms with Crippen LogP contribution >= 0.6 is 0 Å². The van der Waals surface area contributed by atoms with Crippen LogP contribution in [0.3, 0.4) is 0 Å². The van der Waals surface area contributed by atoms with Crippen molar-refractivity contribution < 1.29 is 4.79 Å². The van der Waals surface area contributed by atoms with Crippen LogP contribution in [0.25, 0.3) is 5.57 Å². The zero-order chi connectivity index (χ0) is 24.5. The highest BCUT2D eigenvalue weighted by Gasteiger charge is 2.24. The second-order valence-electron chi connectivity index (χ2n) is 9.02. The van der Waals surface area contributed by atoms with Gasteiger partial charge in [0.25, 0.3) is 0 Å². The van der Waals surface area contributed by atoms with Gasteiger partial charge in [0.05, 0.1) is 11.3 Å². The van der Waals surface area contributed by atoms with Crippen LogP contribution in [-0.4, -0.2) is 18.0 Å². The van der Waals surface area contributed by atoms with Crippen LogP contribution in [0.1, 0.15) is 36.1 Å². The molecular weight excluding hydrogens is 426 g/mol. The molecule has 4 aromatic rings. The summed E-state index contributed by atoms with van der Waals surface area (Å²) in [7, 11) is 0. The Labute approximate surface area is 208 Å². The summed E-state index contributed by atoms with van der Waals surface area (Å²) in [6.45, 7) is 4.94. The third kappa shape index (κ3) is 6.30. The normalized spacial score (nSPS) is 11.3. The molecule has 0 aliphatic heterocycles. The zero-order valence-corrected chi connectivity index (χ0v) is 20.4. The number of Topliss-reactive ketones (excluding diaryl/α,β-unsaturated/α-hetero) is 1. The maximum Gasteiger partial charge on any atom is 0.170 e. The highest BCUT2D eigenvalue weighted by molar-refractivity contribution is 6.33. The number of hydrogen-bond donors (Lipinski definition) is 0. The van der Waals surface area contributed by atoms with Gasteiger partial charge in [0.2, 0.25) is 0 Å². The fourth-order valence-corrected chi connectivity index (χ4v) is 4.11. The number of benzene rings is 4. The summed E-state index contributed by atoms with van der Waals surface area (Å²) < 4.78 is 0. The summed E-state index contributed by atoms with van der Waals surface area (Å²) in [5.74, 6) is 0.432. The van der Waals surface area contributed by atoms with Crippen LogP contribution in [0, 0.1) is 5.92 Å². The first-order chi connectivity index (χ1) is 17.1. The van der Waals surface area contributed by atoms with Crippen molar-refractivity contribution in [2.75, 3.05) is 6.54 Å². The average molecular weight is 458 g/mol. The highest BCUT2D eigenvalue weighted by Crippen LogP contribution is 2.31. The molecule has 0 saturated heterocycles. The Kier molecular flexibility index (Phi) is 8.19. The molecule has 4 aromatic carbocycles. The minimum Gasteiger partial charge on any atom is -0.294 e. The molecule has 0 aliphatic carbocycles. The van der Waals surface area contributed by atoms with Gasteiger partial charge >= 0.3 is 0 Å². The number of nitrogens with zero attached hydrogens (tertiary/aromatic N) is 1. The zero-order valence-electron chi connectivity index (χ0n) is 20.4. The van der Waals surface area contributed by atoms with E-state index >= 15 is 0 Å². The van der Waals surface area contributed by atoms with Crippen LogP contribution in [0.15, 0.2) is 132 Å². The quantitative estimate of drug-likeness (QED) is 0.190. The molecule has 0 N–H and O–H groups in total. The number of aliphatic imine (C=N–C) groups is 1. The molecule has 0 aromatic heterocycles. The van der Waals surface area contributed by atoms with E-state index in [1.807, 2.05) is 97.1 Å². The molecule has 174 valence electrons. The summed E-state index contributed by atoms with van der Waals surface area (Å²) in [6.07, 6.45) is 0.312. The van der Waals surface area contributed by atoms with Gasteiger partial charge in [0.1, 0.15) is 0 Å². The molecule has 0 aliphatic rings. The molecule has 0 saturated carbocycles. The molecule has 0 heterocycles. The van der Waals surface area contributed by atoms with E-state index in [4.69, 9.17) is 4.99 Å². The highest BCUT2D eigenvalue weighted by atomic mass is 16.1. The van der Waals surface area contributed by atoms with Gasteiger partial charge in [-0.3, -0.25) is 9.79 Å². The van der Waals surface area contributed by atoms with Crippen molar-refractivity contribution in [3.63, 3.8) is 0 Å². The van der Waals surface area contributed by atoms with E-state index in [0.29, 0.717) is 24.5 Å². The second-order valence-corrected chi connectivity index (χ2v) is 9.02. The number of carbonyl (C=O) groups is 1. The molecule has 0 unspecified atom stereocenters. The van der Waals surface area contributed by atoms with Crippen LogP contribution in [0.2, 0.25) is 0 Å². The largest absolute Gasteiger partial charge is 0.294 e. The van der Waals surface area contributed by atoms with Gasteiger partial charge in [-0.2, -0.15) is 0 Å². The lowest BCUT2D eigenvalue weighted by Gasteiger charge is -2.19. The fourth-order valence-electron chi connectivity index (χ4n) is 4.11. The summed E-state index contributed by atoms with van der Waals surface area (Å²) in [6, 6.07) is 40.4. The molecule has 2 heteroatoms. The van der Waals surface area contributed by atoms with E-state index in [0.717, 1.165) is 33.5 Å². The monoisotopic (exact) mass is 457 g/mol. The number of carbonyl (C=O) groups excluding carboxylic acids is 1. The Morgan fingerprint density at radius 3 is 1.51 bits per heavy atom. The van der Waals surface area contributed by atoms with E-state index < -0.39 is 0 Å². The molecule has 0 spiro atoms. The van der Waals surface area contributed by atoms with Crippen molar-refractivity contribution in [3.05, 3.63) is 149 Å². The maximum atomic E-state index is 14.2. The van der Waals surface area contributed by atoms with Crippen molar-refractivity contribution in [2.45, 2.75) is 20.3 Å². The fraction of sp³-hybridized carbons (Fsp3) is 0.152. The standard InChI is InChI=1S/C33H31NO/c1-25(2)24-34-33(29-21-13-6-14-22-29)32(30(35)23-26-15-7-3-8-16-26)31(27-17-9-4-10-18-27)28-19-11-5-12-20-28/h3-22,25H,23-24H2,1-2H3. The number of allylic oxidation sites excluding steroid dienone is 1. The van der Waals surface area contributed by atoms with Crippen LogP contribution in [0.5, 0.6) is 0 Å². The lowest BCUT2D eigenvalue weighted by Crippen LogP contribution is -2.20. The van der Waals surface area contributed by atoms with Gasteiger partial charge in [0, 0.05) is 24.1 Å². The van der Waals surface area contributed by atoms with Gasteiger partial charge in [-0.25, -0.2) is 0 Å². The Hall–Kier alpha value is -4.04. The average Bonchev–Trinajstić information content (AvgIpc) is 2.90. The summed E-state index contributed by atoms with van der Waals surface area (Å²) in [5, 5.41) is 0. The topological polar surface area (TPSA) is 29.4 Å². The maximum absolute atomic E-state index is 14.2. The van der Waals surface area contributed by atoms with Crippen LogP contribution in [-0.2, 0) is 11.2 Å². The lowest BCUT2D eigenvalue weighted by atomic mass is 9.85. The first-order valence-electron chi connectivity index (χ1n) is 12.2. The Morgan fingerprint density at radius 2 is 1.06 bits per heavy atom. The first-order valence-corrected chi connectivity index (χ1v) is 12.2. The number of hydrogen-bond acceptors (Lipinski definition) is 2. The molecule has 0 fully saturated rings. The van der Waals surface area contributed by atoms with Gasteiger partial charge in [-0.1, -0.05) is 135 Å². The number of ketones is 1. The summed E-state index contributed by atoms with van der Waals surface area (Å²) in [4.78, 5) is 19.3. The first kappa shape index (κ1) is 24.1. The number of rotatable bonds is 9. The smallest absolute Gasteiger partial charge is 0.170 e. The predicted octanol–water partition coefficient (Wildman–Crippen LogP) is 7.45. The molecular formula is C33H31NO. The summed E-state index contributed by atoms with van der Waals surface area (Å²) >= 11 is 0. The third-order valence-corrected chi connectivity index (χ3v) is 5.76. The van der Waals surface area contributed by atoms with E-state index in [1.54, 1.807) is 0 Å². The van der Waals surface area contributed by atoms with E-state index in [9.17, 15) is 4.79 Å². The Balaban J connectivity index is 2.02. The third-order valence-electron chi connectivity index (χ3n) is 5.76. The lowest BCUT2D eigenvalue weighted by molar-refractivity contribution is -0.114. The van der Waals surface area contributed by atoms with E-state index in [1.165, 1.54) is 0 Å². The molecule has 0 amide bonds. The second kappa shape index (κ2) is 11.9. The van der Waals surface area contributed by atoms with Gasteiger partial charge < -0.3 is 0 Å². The van der Waals surface area contributed by atoms with E-state index in [-0.39, 0.29) is 5.78 Å². The van der Waals surface area contributed by atoms with Crippen molar-refractivity contribution in [2.24, 2.45) is 10.9 Å². The van der Waals surface area contributed by atoms with Crippen molar-refractivity contribution in [1.29, 1.82) is 0 Å². The summed E-state index contributed by atoms with van der Waals surface area (Å²) in [5.41, 5.74) is 6.28. The molecule has 4 rings (SSSR count). The minimum absolute atomic E-state index is 0.0604. The van der Waals surface area contributed by atoms with Crippen LogP contribution < -0.4 is 0 Å². The van der Waals surface area contributed by atoms with E-state index in [2.05, 4.69) is 38.1 Å². The molecule has 2 nitrogen and oxygen atoms in total.